The largest absolute Gasteiger partial charge is 0.184 e. The molecule has 1 rings (SSSR count). The monoisotopic (exact) mass is 110 g/mol. The third-order valence-electron chi connectivity index (χ3n) is 0.876. The highest BCUT2D eigenvalue weighted by molar-refractivity contribution is 4.81. The number of nitrogens with zero attached hydrogens (tertiary/aromatic N) is 3. The van der Waals surface area contributed by atoms with Crippen molar-refractivity contribution in [3.05, 3.63) is 11.9 Å². The minimum absolute atomic E-state index is 0.824. The quantitative estimate of drug-likeness (QED) is 0.524. The number of hydrogen-bond acceptors (Lipinski definition) is 2. The Morgan fingerprint density at radius 3 is 2.75 bits per heavy atom. The summed E-state index contributed by atoms with van der Waals surface area (Å²) in [6.07, 6.45) is 2.72. The van der Waals surface area contributed by atoms with Crippen molar-refractivity contribution in [2.75, 3.05) is 0 Å². The maximum absolute atomic E-state index is 3.98. The van der Waals surface area contributed by atoms with Crippen molar-refractivity contribution in [2.45, 2.75) is 20.4 Å². The fourth-order valence-corrected chi connectivity index (χ4v) is 0.489. The van der Waals surface area contributed by atoms with Crippen LogP contribution in [-0.4, -0.2) is 15.0 Å². The van der Waals surface area contributed by atoms with Gasteiger partial charge in [0.2, 0.25) is 0 Å². The van der Waals surface area contributed by atoms with Crippen molar-refractivity contribution in [3.63, 3.8) is 0 Å². The molecule has 1 aromatic heterocycles. The second kappa shape index (κ2) is 1.94. The molecule has 0 amide bonds. The topological polar surface area (TPSA) is 30.7 Å². The highest BCUT2D eigenvalue weighted by atomic mass is 15.5. The lowest BCUT2D eigenvalue weighted by atomic mass is 10.6. The van der Waals surface area contributed by atoms with Gasteiger partial charge in [0.25, 0.3) is 0 Å². The van der Waals surface area contributed by atoms with Crippen molar-refractivity contribution in [1.82, 2.24) is 15.0 Å². The number of rotatable bonds is 1. The van der Waals surface area contributed by atoms with E-state index in [1.165, 1.54) is 0 Å². The van der Waals surface area contributed by atoms with E-state index >= 15 is 0 Å². The Morgan fingerprint density at radius 1 is 1.75 bits per heavy atom. The van der Waals surface area contributed by atoms with Crippen LogP contribution in [0.5, 0.6) is 0 Å². The highest BCUT2D eigenvalue weighted by Gasteiger charge is 1.89. The summed E-state index contributed by atoms with van der Waals surface area (Å²) in [5, 5.41) is 7.79. The third-order valence-corrected chi connectivity index (χ3v) is 0.876. The van der Waals surface area contributed by atoms with E-state index in [0.29, 0.717) is 0 Å². The molecule has 0 aliphatic heterocycles. The summed E-state index contributed by atoms with van der Waals surface area (Å²) in [4.78, 5) is 1.61. The van der Waals surface area contributed by atoms with Crippen LogP contribution in [0.3, 0.4) is 0 Å². The van der Waals surface area contributed by atoms with Gasteiger partial charge < -0.3 is 0 Å². The van der Waals surface area contributed by atoms with Crippen LogP contribution in [-0.2, 0) is 6.54 Å². The zero-order valence-electron chi connectivity index (χ0n) is 5.05. The Hall–Kier alpha value is -0.860. The Morgan fingerprint density at radius 2 is 2.50 bits per heavy atom. The molecule has 0 saturated heterocycles. The number of aromatic nitrogens is 3. The average molecular weight is 110 g/mol. The van der Waals surface area contributed by atoms with Gasteiger partial charge in [0.1, 0.15) is 6.20 Å². The molecule has 1 aromatic rings. The van der Waals surface area contributed by atoms with Crippen molar-refractivity contribution in [1.29, 1.82) is 0 Å². The minimum atomic E-state index is 0.824. The lowest BCUT2D eigenvalue weighted by molar-refractivity contribution is 0.566. The second-order valence-electron chi connectivity index (χ2n) is 1.59. The van der Waals surface area contributed by atoms with Gasteiger partial charge in [-0.3, -0.25) is 0 Å². The molecule has 0 fully saturated rings. The van der Waals surface area contributed by atoms with Crippen LogP contribution in [0.2, 0.25) is 0 Å². The van der Waals surface area contributed by atoms with Gasteiger partial charge in [0, 0.05) is 0 Å². The lowest BCUT2D eigenvalue weighted by Gasteiger charge is -1.86. The van der Waals surface area contributed by atoms with E-state index in [1.807, 2.05) is 13.8 Å². The Bertz CT molecular complexity index is 168. The molecule has 0 bridgehead atoms. The summed E-state index contributed by atoms with van der Waals surface area (Å²) >= 11 is 0. The van der Waals surface area contributed by atoms with Crippen molar-refractivity contribution >= 4 is 0 Å². The predicted octanol–water partition coefficient (Wildman–Crippen LogP) is 0.407. The van der Waals surface area contributed by atoms with Crippen LogP contribution in [0.4, 0.5) is 0 Å². The van der Waals surface area contributed by atoms with Crippen LogP contribution in [0, 0.1) is 13.1 Å². The van der Waals surface area contributed by atoms with E-state index in [4.69, 9.17) is 0 Å². The van der Waals surface area contributed by atoms with Gasteiger partial charge in [-0.25, -0.2) is 0 Å². The molecule has 0 aromatic carbocycles. The maximum Gasteiger partial charge on any atom is 0.138 e. The summed E-state index contributed by atoms with van der Waals surface area (Å²) in [7, 11) is 0. The smallest absolute Gasteiger partial charge is 0.138 e. The lowest BCUT2D eigenvalue weighted by Crippen LogP contribution is -1.97. The van der Waals surface area contributed by atoms with Crippen LogP contribution >= 0.6 is 0 Å². The SMILES string of the molecule is CCn1n[c]c(C)n1. The summed E-state index contributed by atoms with van der Waals surface area (Å²) in [6.45, 7) is 4.69. The third kappa shape index (κ3) is 0.857. The van der Waals surface area contributed by atoms with Crippen LogP contribution in [0.1, 0.15) is 12.6 Å². The average Bonchev–Trinajstić information content (AvgIpc) is 2.14. The molecule has 1 heterocycles. The van der Waals surface area contributed by atoms with E-state index in [9.17, 15) is 0 Å². The molecule has 0 aliphatic rings. The summed E-state index contributed by atoms with van der Waals surface area (Å²) in [5.41, 5.74) is 0.854. The highest BCUT2D eigenvalue weighted by Crippen LogP contribution is 1.83. The van der Waals surface area contributed by atoms with E-state index in [2.05, 4.69) is 16.4 Å². The van der Waals surface area contributed by atoms with Crippen molar-refractivity contribution < 1.29 is 0 Å². The van der Waals surface area contributed by atoms with Crippen molar-refractivity contribution in [2.24, 2.45) is 0 Å². The molecule has 3 nitrogen and oxygen atoms in total. The first kappa shape index (κ1) is 5.28. The fraction of sp³-hybridized carbons (Fsp3) is 0.600. The van der Waals surface area contributed by atoms with E-state index in [-0.39, 0.29) is 0 Å². The summed E-state index contributed by atoms with van der Waals surface area (Å²) in [5.74, 6) is 0. The van der Waals surface area contributed by atoms with E-state index in [0.717, 1.165) is 12.2 Å². The molecule has 0 aliphatic carbocycles. The van der Waals surface area contributed by atoms with Crippen molar-refractivity contribution in [3.8, 4) is 0 Å². The standard InChI is InChI=1S/C5H8N3/c1-3-8-6-4-5(2)7-8/h3H2,1-2H3. The molecule has 3 heteroatoms. The first-order chi connectivity index (χ1) is 3.83. The molecular formula is C5H8N3. The molecule has 0 saturated carbocycles. The zero-order valence-corrected chi connectivity index (χ0v) is 5.05. The van der Waals surface area contributed by atoms with Gasteiger partial charge in [0.05, 0.1) is 12.2 Å². The van der Waals surface area contributed by atoms with Crippen LogP contribution in [0.15, 0.2) is 0 Å². The van der Waals surface area contributed by atoms with E-state index < -0.39 is 0 Å². The van der Waals surface area contributed by atoms with Gasteiger partial charge in [0.15, 0.2) is 0 Å². The van der Waals surface area contributed by atoms with Gasteiger partial charge in [-0.05, 0) is 13.8 Å². The summed E-state index contributed by atoms with van der Waals surface area (Å²) in [6, 6.07) is 0. The minimum Gasteiger partial charge on any atom is -0.184 e. The molecule has 43 valence electrons. The predicted molar refractivity (Wildman–Crippen MR) is 29.3 cm³/mol. The Balaban J connectivity index is 2.84. The fourth-order valence-electron chi connectivity index (χ4n) is 0.489. The van der Waals surface area contributed by atoms with Gasteiger partial charge in [-0.2, -0.15) is 15.0 Å². The number of hydrogen-bond donors (Lipinski definition) is 0. The molecule has 0 spiro atoms. The normalized spacial score (nSPS) is 9.75. The first-order valence-electron chi connectivity index (χ1n) is 2.62. The first-order valence-corrected chi connectivity index (χ1v) is 2.62. The molecule has 1 radical (unpaired) electrons. The summed E-state index contributed by atoms with van der Waals surface area (Å²) < 4.78 is 0. The zero-order chi connectivity index (χ0) is 5.98. The second-order valence-corrected chi connectivity index (χ2v) is 1.59. The van der Waals surface area contributed by atoms with Gasteiger partial charge in [-0.15, -0.1) is 0 Å². The molecule has 0 unspecified atom stereocenters. The molecule has 0 atom stereocenters. The van der Waals surface area contributed by atoms with Crippen LogP contribution < -0.4 is 0 Å². The Labute approximate surface area is 48.3 Å². The van der Waals surface area contributed by atoms with Gasteiger partial charge >= 0.3 is 0 Å². The van der Waals surface area contributed by atoms with Gasteiger partial charge in [-0.1, -0.05) is 0 Å². The molecular weight excluding hydrogens is 102 g/mol. The number of aryl methyl sites for hydroxylation is 2. The molecule has 8 heavy (non-hydrogen) atoms. The van der Waals surface area contributed by atoms with E-state index in [1.54, 1.807) is 4.80 Å². The van der Waals surface area contributed by atoms with Crippen LogP contribution in [0.25, 0.3) is 0 Å². The molecule has 0 N–H and O–H groups in total. The maximum atomic E-state index is 3.98. The Kier molecular flexibility index (Phi) is 1.28.